The van der Waals surface area contributed by atoms with Crippen LogP contribution in [-0.2, 0) is 9.53 Å². The lowest BCUT2D eigenvalue weighted by Gasteiger charge is -2.24. The highest BCUT2D eigenvalue weighted by Crippen LogP contribution is 2.38. The second-order valence-corrected chi connectivity index (χ2v) is 7.76. The van der Waals surface area contributed by atoms with Gasteiger partial charge in [-0.3, -0.25) is 9.20 Å². The number of alkyl halides is 1. The van der Waals surface area contributed by atoms with Crippen LogP contribution in [0.15, 0.2) is 18.3 Å². The van der Waals surface area contributed by atoms with E-state index in [4.69, 9.17) is 21.3 Å². The molecule has 7 heteroatoms. The van der Waals surface area contributed by atoms with Crippen molar-refractivity contribution in [3.8, 4) is 0 Å². The first-order valence-electron chi connectivity index (χ1n) is 8.29. The minimum Gasteiger partial charge on any atom is -0.465 e. The number of fused-ring (bicyclic) bond motifs is 1. The van der Waals surface area contributed by atoms with Gasteiger partial charge >= 0.3 is 5.97 Å². The van der Waals surface area contributed by atoms with Crippen molar-refractivity contribution < 1.29 is 9.53 Å². The van der Waals surface area contributed by atoms with E-state index >= 15 is 0 Å². The molecule has 0 atom stereocenters. The molecule has 2 aromatic heterocycles. The standard InChI is InChI=1S/C17H21BrClN3O2/c1-2-24-15(23)9-20-17-16(11-3-5-12(18)6-4-11)21-14-8-7-13(19)10-22(14)17/h7-8,10-12,20H,2-6,9H2,1H3. The molecule has 0 saturated heterocycles. The Kier molecular flexibility index (Phi) is 5.66. The fraction of sp³-hybridized carbons (Fsp3) is 0.529. The number of aromatic nitrogens is 2. The Bertz CT molecular complexity index is 726. The number of pyridine rings is 1. The number of carbonyl (C=O) groups is 1. The molecule has 130 valence electrons. The number of imidazole rings is 1. The first-order valence-corrected chi connectivity index (χ1v) is 9.59. The molecule has 0 unspecified atom stereocenters. The van der Waals surface area contributed by atoms with Gasteiger partial charge in [-0.2, -0.15) is 0 Å². The van der Waals surface area contributed by atoms with Gasteiger partial charge in [0.25, 0.3) is 0 Å². The van der Waals surface area contributed by atoms with Crippen LogP contribution in [-0.4, -0.2) is 33.3 Å². The van der Waals surface area contributed by atoms with Crippen molar-refractivity contribution in [3.63, 3.8) is 0 Å². The lowest BCUT2D eigenvalue weighted by molar-refractivity contribution is -0.140. The molecule has 1 N–H and O–H groups in total. The van der Waals surface area contributed by atoms with Crippen molar-refractivity contribution in [3.05, 3.63) is 29.0 Å². The molecule has 0 aliphatic heterocycles. The Hall–Kier alpha value is -1.27. The maximum atomic E-state index is 11.7. The quantitative estimate of drug-likeness (QED) is 0.582. The summed E-state index contributed by atoms with van der Waals surface area (Å²) < 4.78 is 6.94. The number of ether oxygens (including phenoxy) is 1. The van der Waals surface area contributed by atoms with Crippen LogP contribution >= 0.6 is 27.5 Å². The van der Waals surface area contributed by atoms with Crippen molar-refractivity contribution in [2.24, 2.45) is 0 Å². The third-order valence-electron chi connectivity index (χ3n) is 4.36. The highest BCUT2D eigenvalue weighted by atomic mass is 79.9. The van der Waals surface area contributed by atoms with Crippen LogP contribution < -0.4 is 5.32 Å². The molecule has 0 amide bonds. The molecule has 3 rings (SSSR count). The van der Waals surface area contributed by atoms with E-state index in [0.717, 1.165) is 42.8 Å². The summed E-state index contributed by atoms with van der Waals surface area (Å²) in [4.78, 5) is 17.1. The highest BCUT2D eigenvalue weighted by molar-refractivity contribution is 9.09. The zero-order valence-corrected chi connectivity index (χ0v) is 15.9. The fourth-order valence-electron chi connectivity index (χ4n) is 3.19. The molecular weight excluding hydrogens is 394 g/mol. The van der Waals surface area contributed by atoms with Crippen LogP contribution in [0, 0.1) is 0 Å². The smallest absolute Gasteiger partial charge is 0.325 e. The van der Waals surface area contributed by atoms with E-state index in [2.05, 4.69) is 21.2 Å². The second-order valence-electron chi connectivity index (χ2n) is 6.03. The first kappa shape index (κ1) is 17.5. The number of hydrogen-bond donors (Lipinski definition) is 1. The summed E-state index contributed by atoms with van der Waals surface area (Å²) in [6.45, 7) is 2.30. The van der Waals surface area contributed by atoms with Crippen molar-refractivity contribution in [2.75, 3.05) is 18.5 Å². The predicted octanol–water partition coefficient (Wildman–Crippen LogP) is 4.38. The van der Waals surface area contributed by atoms with Crippen LogP contribution in [0.4, 0.5) is 5.82 Å². The maximum Gasteiger partial charge on any atom is 0.325 e. The predicted molar refractivity (Wildman–Crippen MR) is 99.2 cm³/mol. The number of hydrogen-bond acceptors (Lipinski definition) is 4. The molecule has 0 bridgehead atoms. The molecule has 0 radical (unpaired) electrons. The van der Waals surface area contributed by atoms with E-state index in [1.165, 1.54) is 0 Å². The number of rotatable bonds is 5. The van der Waals surface area contributed by atoms with Crippen molar-refractivity contribution >= 4 is 45.0 Å². The van der Waals surface area contributed by atoms with Crippen LogP contribution in [0.2, 0.25) is 5.02 Å². The number of nitrogens with zero attached hydrogens (tertiary/aromatic N) is 2. The van der Waals surface area contributed by atoms with Crippen LogP contribution in [0.25, 0.3) is 5.65 Å². The minimum absolute atomic E-state index is 0.120. The Morgan fingerprint density at radius 1 is 1.42 bits per heavy atom. The monoisotopic (exact) mass is 413 g/mol. The van der Waals surface area contributed by atoms with Gasteiger partial charge in [0.2, 0.25) is 0 Å². The van der Waals surface area contributed by atoms with E-state index in [9.17, 15) is 4.79 Å². The van der Waals surface area contributed by atoms with Crippen LogP contribution in [0.3, 0.4) is 0 Å². The Morgan fingerprint density at radius 2 is 2.17 bits per heavy atom. The summed E-state index contributed by atoms with van der Waals surface area (Å²) in [6.07, 6.45) is 6.27. The SMILES string of the molecule is CCOC(=O)CNc1c(C2CCC(Br)CC2)nc2ccc(Cl)cn12. The summed E-state index contributed by atoms with van der Waals surface area (Å²) >= 11 is 9.84. The Labute approximate surface area is 154 Å². The highest BCUT2D eigenvalue weighted by Gasteiger charge is 2.26. The molecular formula is C17H21BrClN3O2. The van der Waals surface area contributed by atoms with Gasteiger partial charge in [-0.25, -0.2) is 4.98 Å². The lowest BCUT2D eigenvalue weighted by atomic mass is 9.87. The molecule has 0 spiro atoms. The van der Waals surface area contributed by atoms with Gasteiger partial charge in [-0.15, -0.1) is 0 Å². The third-order valence-corrected chi connectivity index (χ3v) is 5.50. The zero-order valence-electron chi connectivity index (χ0n) is 13.6. The van der Waals surface area contributed by atoms with Gasteiger partial charge in [0.05, 0.1) is 17.3 Å². The second kappa shape index (κ2) is 7.74. The molecule has 24 heavy (non-hydrogen) atoms. The van der Waals surface area contributed by atoms with E-state index in [-0.39, 0.29) is 12.5 Å². The average Bonchev–Trinajstić information content (AvgIpc) is 2.91. The Morgan fingerprint density at radius 3 is 2.88 bits per heavy atom. The molecule has 1 saturated carbocycles. The molecule has 1 aliphatic rings. The number of esters is 1. The summed E-state index contributed by atoms with van der Waals surface area (Å²) in [6, 6.07) is 3.73. The number of nitrogens with one attached hydrogen (secondary N) is 1. The average molecular weight is 415 g/mol. The minimum atomic E-state index is -0.274. The van der Waals surface area contributed by atoms with E-state index in [1.807, 2.05) is 22.7 Å². The summed E-state index contributed by atoms with van der Waals surface area (Å²) in [5.41, 5.74) is 1.85. The lowest BCUT2D eigenvalue weighted by Crippen LogP contribution is -2.20. The number of carbonyl (C=O) groups excluding carboxylic acids is 1. The van der Waals surface area contributed by atoms with Gasteiger partial charge in [0.15, 0.2) is 0 Å². The summed E-state index contributed by atoms with van der Waals surface area (Å²) in [5.74, 6) is 0.963. The molecule has 2 aromatic rings. The van der Waals surface area contributed by atoms with Gasteiger partial charge in [0.1, 0.15) is 18.0 Å². The summed E-state index contributed by atoms with van der Waals surface area (Å²) in [5, 5.41) is 3.85. The van der Waals surface area contributed by atoms with E-state index < -0.39 is 0 Å². The normalized spacial score (nSPS) is 21.0. The van der Waals surface area contributed by atoms with Crippen molar-refractivity contribution in [1.29, 1.82) is 0 Å². The maximum absolute atomic E-state index is 11.7. The van der Waals surface area contributed by atoms with Gasteiger partial charge < -0.3 is 10.1 Å². The van der Waals surface area contributed by atoms with Crippen molar-refractivity contribution in [1.82, 2.24) is 9.38 Å². The van der Waals surface area contributed by atoms with E-state index in [0.29, 0.717) is 22.4 Å². The molecule has 5 nitrogen and oxygen atoms in total. The van der Waals surface area contributed by atoms with Crippen molar-refractivity contribution in [2.45, 2.75) is 43.4 Å². The zero-order chi connectivity index (χ0) is 17.1. The first-order chi connectivity index (χ1) is 11.6. The van der Waals surface area contributed by atoms with E-state index in [1.54, 1.807) is 6.92 Å². The molecule has 2 heterocycles. The van der Waals surface area contributed by atoms with Gasteiger partial charge in [-0.05, 0) is 44.7 Å². The molecule has 1 aliphatic carbocycles. The number of anilines is 1. The number of halogens is 2. The fourth-order valence-corrected chi connectivity index (χ4v) is 3.88. The van der Waals surface area contributed by atoms with Gasteiger partial charge in [-0.1, -0.05) is 27.5 Å². The Balaban J connectivity index is 1.91. The van der Waals surface area contributed by atoms with Crippen LogP contribution in [0.1, 0.15) is 44.2 Å². The largest absolute Gasteiger partial charge is 0.465 e. The molecule has 0 aromatic carbocycles. The topological polar surface area (TPSA) is 55.6 Å². The third kappa shape index (κ3) is 3.86. The summed E-state index contributed by atoms with van der Waals surface area (Å²) in [7, 11) is 0. The van der Waals surface area contributed by atoms with Gasteiger partial charge in [0, 0.05) is 16.9 Å². The molecule has 1 fully saturated rings. The van der Waals surface area contributed by atoms with Crippen LogP contribution in [0.5, 0.6) is 0 Å².